The van der Waals surface area contributed by atoms with Crippen molar-refractivity contribution in [1.82, 2.24) is 19.4 Å². The van der Waals surface area contributed by atoms with Crippen LogP contribution in [0.4, 0.5) is 4.39 Å². The number of fused-ring (bicyclic) bond motifs is 1. The zero-order valence-corrected chi connectivity index (χ0v) is 21.6. The van der Waals surface area contributed by atoms with Crippen molar-refractivity contribution in [2.24, 2.45) is 7.05 Å². The molecule has 3 aromatic heterocycles. The average molecular weight is 487 g/mol. The lowest BCUT2D eigenvalue weighted by molar-refractivity contribution is 0.213. The Kier molecular flexibility index (Phi) is 6.80. The van der Waals surface area contributed by atoms with Crippen LogP contribution in [-0.4, -0.2) is 39.1 Å². The lowest BCUT2D eigenvalue weighted by Gasteiger charge is -2.32. The first-order valence-corrected chi connectivity index (χ1v) is 13.1. The first kappa shape index (κ1) is 24.4. The lowest BCUT2D eigenvalue weighted by Crippen LogP contribution is -2.33. The number of halogens is 1. The summed E-state index contributed by atoms with van der Waals surface area (Å²) in [6.45, 7) is 9.99. The van der Waals surface area contributed by atoms with Gasteiger partial charge in [-0.2, -0.15) is 0 Å². The average Bonchev–Trinajstić information content (AvgIpc) is 3.26. The maximum atomic E-state index is 16.1. The third-order valence-electron chi connectivity index (χ3n) is 7.57. The van der Waals surface area contributed by atoms with Gasteiger partial charge in [0.1, 0.15) is 5.82 Å². The summed E-state index contributed by atoms with van der Waals surface area (Å²) in [5.74, 6) is 0.212. The molecule has 0 bridgehead atoms. The zero-order valence-electron chi connectivity index (χ0n) is 21.6. The van der Waals surface area contributed by atoms with Crippen molar-refractivity contribution >= 4 is 10.9 Å². The summed E-state index contributed by atoms with van der Waals surface area (Å²) in [6.07, 6.45) is 8.31. The molecule has 1 aliphatic rings. The maximum Gasteiger partial charge on any atom is 0.261 e. The molecule has 4 aromatic rings. The lowest BCUT2D eigenvalue weighted by atomic mass is 9.87. The van der Waals surface area contributed by atoms with E-state index in [0.29, 0.717) is 17.0 Å². The van der Waals surface area contributed by atoms with Crippen molar-refractivity contribution in [3.63, 3.8) is 0 Å². The second-order valence-electron chi connectivity index (χ2n) is 10.4. The van der Waals surface area contributed by atoms with Crippen LogP contribution in [-0.2, 0) is 7.05 Å². The normalized spacial score (nSPS) is 15.3. The van der Waals surface area contributed by atoms with Gasteiger partial charge in [-0.25, -0.2) is 4.39 Å². The molecular weight excluding hydrogens is 451 g/mol. The number of likely N-dealkylation sites (tertiary alicyclic amines) is 1. The largest absolute Gasteiger partial charge is 0.354 e. The second-order valence-corrected chi connectivity index (χ2v) is 10.4. The van der Waals surface area contributed by atoms with E-state index in [1.807, 2.05) is 0 Å². The van der Waals surface area contributed by atoms with Crippen LogP contribution in [0.5, 0.6) is 0 Å². The zero-order chi connectivity index (χ0) is 25.4. The number of aromatic amines is 1. The number of piperidine rings is 1. The second kappa shape index (κ2) is 10.0. The van der Waals surface area contributed by atoms with E-state index >= 15 is 4.39 Å². The molecule has 1 N–H and O–H groups in total. The molecule has 0 spiro atoms. The van der Waals surface area contributed by atoms with Crippen LogP contribution in [0, 0.1) is 5.82 Å². The van der Waals surface area contributed by atoms with Crippen LogP contribution in [0.25, 0.3) is 33.3 Å². The van der Waals surface area contributed by atoms with E-state index in [1.54, 1.807) is 31.6 Å². The molecule has 0 radical (unpaired) electrons. The number of nitrogens with one attached hydrogen (secondary N) is 1. The SMILES string of the molecule is CCCN1CCC(c2ccc3[nH]c(-c4cn(C)c(=O)c(-c5cccnc5)c4F)c(C(C)C)c3c2)CC1. The molecule has 0 atom stereocenters. The first-order valence-electron chi connectivity index (χ1n) is 13.1. The molecule has 5 rings (SSSR count). The molecule has 5 nitrogen and oxygen atoms in total. The number of aryl methyl sites for hydroxylation is 1. The van der Waals surface area contributed by atoms with Gasteiger partial charge in [0.2, 0.25) is 0 Å². The molecule has 1 aromatic carbocycles. The number of hydrogen-bond donors (Lipinski definition) is 1. The third-order valence-corrected chi connectivity index (χ3v) is 7.57. The van der Waals surface area contributed by atoms with E-state index < -0.39 is 5.82 Å². The fourth-order valence-electron chi connectivity index (χ4n) is 5.75. The van der Waals surface area contributed by atoms with Crippen LogP contribution >= 0.6 is 0 Å². The van der Waals surface area contributed by atoms with Crippen LogP contribution in [0.3, 0.4) is 0 Å². The van der Waals surface area contributed by atoms with Crippen LogP contribution < -0.4 is 5.56 Å². The predicted octanol–water partition coefficient (Wildman–Crippen LogP) is 6.45. The highest BCUT2D eigenvalue weighted by molar-refractivity contribution is 5.92. The van der Waals surface area contributed by atoms with Crippen molar-refractivity contribution in [3.05, 3.63) is 76.2 Å². The van der Waals surface area contributed by atoms with Gasteiger partial charge in [0.15, 0.2) is 0 Å². The van der Waals surface area contributed by atoms with E-state index in [0.717, 1.165) is 35.2 Å². The molecule has 6 heteroatoms. The maximum absolute atomic E-state index is 16.1. The summed E-state index contributed by atoms with van der Waals surface area (Å²) >= 11 is 0. The first-order chi connectivity index (χ1) is 17.4. The van der Waals surface area contributed by atoms with Crippen LogP contribution in [0.1, 0.15) is 63.0 Å². The summed E-state index contributed by atoms with van der Waals surface area (Å²) in [6, 6.07) is 10.1. The highest BCUT2D eigenvalue weighted by Crippen LogP contribution is 2.39. The molecule has 0 unspecified atom stereocenters. The Morgan fingerprint density at radius 2 is 1.97 bits per heavy atom. The number of aromatic nitrogens is 3. The Balaban J connectivity index is 1.62. The molecular formula is C30H35FN4O. The molecule has 0 amide bonds. The minimum absolute atomic E-state index is 0.0518. The summed E-state index contributed by atoms with van der Waals surface area (Å²) in [7, 11) is 1.67. The van der Waals surface area contributed by atoms with Gasteiger partial charge in [0.25, 0.3) is 5.56 Å². The summed E-state index contributed by atoms with van der Waals surface area (Å²) in [5.41, 5.74) is 4.76. The Hall–Kier alpha value is -3.25. The van der Waals surface area contributed by atoms with Crippen molar-refractivity contribution in [3.8, 4) is 22.4 Å². The molecule has 0 aliphatic carbocycles. The quantitative estimate of drug-likeness (QED) is 0.341. The molecule has 1 saturated heterocycles. The molecule has 1 aliphatic heterocycles. The van der Waals surface area contributed by atoms with Gasteiger partial charge >= 0.3 is 0 Å². The summed E-state index contributed by atoms with van der Waals surface area (Å²) in [4.78, 5) is 23.1. The number of pyridine rings is 2. The van der Waals surface area contributed by atoms with E-state index in [2.05, 4.69) is 53.8 Å². The fraction of sp³-hybridized carbons (Fsp3) is 0.400. The van der Waals surface area contributed by atoms with Gasteiger partial charge in [-0.1, -0.05) is 32.9 Å². The molecule has 0 saturated carbocycles. The smallest absolute Gasteiger partial charge is 0.261 e. The van der Waals surface area contributed by atoms with Gasteiger partial charge in [-0.05, 0) is 80.1 Å². The minimum Gasteiger partial charge on any atom is -0.354 e. The van der Waals surface area contributed by atoms with Gasteiger partial charge in [-0.15, -0.1) is 0 Å². The van der Waals surface area contributed by atoms with Gasteiger partial charge in [0.05, 0.1) is 16.8 Å². The Bertz CT molecular complexity index is 1430. The van der Waals surface area contributed by atoms with E-state index in [4.69, 9.17) is 0 Å². The van der Waals surface area contributed by atoms with Gasteiger partial charge in [-0.3, -0.25) is 9.78 Å². The van der Waals surface area contributed by atoms with E-state index in [9.17, 15) is 4.79 Å². The molecule has 1 fully saturated rings. The number of rotatable bonds is 6. The summed E-state index contributed by atoms with van der Waals surface area (Å²) < 4.78 is 17.5. The minimum atomic E-state index is -0.511. The van der Waals surface area contributed by atoms with Crippen LogP contribution in [0.2, 0.25) is 0 Å². The molecule has 188 valence electrons. The monoisotopic (exact) mass is 486 g/mol. The van der Waals surface area contributed by atoms with Gasteiger partial charge < -0.3 is 14.5 Å². The van der Waals surface area contributed by atoms with Crippen LogP contribution in [0.15, 0.2) is 53.7 Å². The number of hydrogen-bond acceptors (Lipinski definition) is 3. The van der Waals surface area contributed by atoms with Crippen molar-refractivity contribution < 1.29 is 4.39 Å². The van der Waals surface area contributed by atoms with Crippen molar-refractivity contribution in [2.75, 3.05) is 19.6 Å². The Morgan fingerprint density at radius 3 is 2.64 bits per heavy atom. The van der Waals surface area contributed by atoms with Crippen molar-refractivity contribution in [2.45, 2.75) is 51.9 Å². The standard InChI is InChI=1S/C30H35FN4O/c1-5-13-35-14-10-20(11-15-35)21-8-9-25-23(16-21)26(19(2)3)29(33-25)24-18-34(4)30(36)27(28(24)31)22-7-6-12-32-17-22/h6-9,12,16-20,33H,5,10-11,13-15H2,1-4H3. The topological polar surface area (TPSA) is 53.9 Å². The fourth-order valence-corrected chi connectivity index (χ4v) is 5.75. The third kappa shape index (κ3) is 4.39. The van der Waals surface area contributed by atoms with E-state index in [1.165, 1.54) is 42.1 Å². The summed E-state index contributed by atoms with van der Waals surface area (Å²) in [5, 5.41) is 1.14. The predicted molar refractivity (Wildman–Crippen MR) is 145 cm³/mol. The molecule has 4 heterocycles. The number of benzene rings is 1. The number of nitrogens with zero attached hydrogens (tertiary/aromatic N) is 3. The van der Waals surface area contributed by atoms with E-state index in [-0.39, 0.29) is 17.0 Å². The highest BCUT2D eigenvalue weighted by Gasteiger charge is 2.25. The number of H-pyrrole nitrogens is 1. The molecule has 36 heavy (non-hydrogen) atoms. The Morgan fingerprint density at radius 1 is 1.19 bits per heavy atom. The highest BCUT2D eigenvalue weighted by atomic mass is 19.1. The van der Waals surface area contributed by atoms with Crippen molar-refractivity contribution in [1.29, 1.82) is 0 Å². The Labute approximate surface area is 212 Å². The van der Waals surface area contributed by atoms with Gasteiger partial charge in [0, 0.05) is 42.1 Å².